The van der Waals surface area contributed by atoms with Crippen molar-refractivity contribution in [2.24, 2.45) is 0 Å². The lowest BCUT2D eigenvalue weighted by atomic mass is 10.1. The highest BCUT2D eigenvalue weighted by molar-refractivity contribution is 5.89. The Morgan fingerprint density at radius 3 is 3.05 bits per heavy atom. The zero-order valence-corrected chi connectivity index (χ0v) is 11.4. The Bertz CT molecular complexity index is 761. The Labute approximate surface area is 120 Å². The number of hydrogen-bond acceptors (Lipinski definition) is 6. The van der Waals surface area contributed by atoms with E-state index in [0.717, 1.165) is 0 Å². The van der Waals surface area contributed by atoms with E-state index in [1.165, 1.54) is 13.2 Å². The van der Waals surface area contributed by atoms with Crippen LogP contribution < -0.4 is 19.8 Å². The molecule has 21 heavy (non-hydrogen) atoms. The van der Waals surface area contributed by atoms with Crippen LogP contribution in [0, 0.1) is 0 Å². The van der Waals surface area contributed by atoms with Crippen molar-refractivity contribution in [3.8, 4) is 17.2 Å². The normalized spacial score (nSPS) is 16.8. The third-order valence-electron chi connectivity index (χ3n) is 3.31. The van der Waals surface area contributed by atoms with Crippen molar-refractivity contribution in [1.29, 1.82) is 0 Å². The molecule has 1 aromatic carbocycles. The van der Waals surface area contributed by atoms with E-state index in [2.05, 4.69) is 6.58 Å². The topological polar surface area (TPSA) is 78.1 Å². The molecule has 1 aromatic heterocycles. The molecule has 0 saturated heterocycles. The number of ether oxygens (including phenoxy) is 3. The smallest absolute Gasteiger partial charge is 0.336 e. The summed E-state index contributed by atoms with van der Waals surface area (Å²) >= 11 is 0. The second-order valence-corrected chi connectivity index (χ2v) is 4.64. The predicted octanol–water partition coefficient (Wildman–Crippen LogP) is 1.49. The van der Waals surface area contributed by atoms with Gasteiger partial charge >= 0.3 is 5.63 Å². The molecular formula is C15H14O6. The summed E-state index contributed by atoms with van der Waals surface area (Å²) in [7, 11) is 1.49. The molecule has 0 aliphatic carbocycles. The van der Waals surface area contributed by atoms with Gasteiger partial charge in [-0.3, -0.25) is 0 Å². The first-order valence-electron chi connectivity index (χ1n) is 6.37. The van der Waals surface area contributed by atoms with Gasteiger partial charge in [0.05, 0.1) is 19.1 Å². The van der Waals surface area contributed by atoms with E-state index in [1.807, 2.05) is 0 Å². The highest BCUT2D eigenvalue weighted by Gasteiger charge is 2.28. The molecule has 0 bridgehead atoms. The Hall–Kier alpha value is -2.47. The second kappa shape index (κ2) is 5.14. The summed E-state index contributed by atoms with van der Waals surface area (Å²) in [5.41, 5.74) is 0.427. The molecule has 1 atom stereocenters. The van der Waals surface area contributed by atoms with Gasteiger partial charge in [0.1, 0.15) is 12.2 Å². The first kappa shape index (κ1) is 13.5. The molecule has 3 rings (SSSR count). The third-order valence-corrected chi connectivity index (χ3v) is 3.31. The van der Waals surface area contributed by atoms with E-state index >= 15 is 0 Å². The fourth-order valence-corrected chi connectivity index (χ4v) is 2.21. The van der Waals surface area contributed by atoms with Crippen LogP contribution in [-0.2, 0) is 0 Å². The monoisotopic (exact) mass is 290 g/mol. The van der Waals surface area contributed by atoms with Crippen LogP contribution in [0.1, 0.15) is 0 Å². The maximum absolute atomic E-state index is 11.3. The molecule has 1 aliphatic heterocycles. The van der Waals surface area contributed by atoms with Crippen LogP contribution in [0.2, 0.25) is 0 Å². The van der Waals surface area contributed by atoms with Gasteiger partial charge in [0.2, 0.25) is 5.75 Å². The third kappa shape index (κ3) is 2.23. The number of hydrogen-bond donors (Lipinski definition) is 1. The maximum atomic E-state index is 11.3. The molecule has 6 nitrogen and oxygen atoms in total. The molecule has 6 heteroatoms. The Morgan fingerprint density at radius 2 is 2.33 bits per heavy atom. The Kier molecular flexibility index (Phi) is 3.31. The molecule has 0 spiro atoms. The van der Waals surface area contributed by atoms with Crippen molar-refractivity contribution in [1.82, 2.24) is 0 Å². The van der Waals surface area contributed by atoms with Gasteiger partial charge in [0, 0.05) is 12.1 Å². The van der Waals surface area contributed by atoms with Crippen molar-refractivity contribution in [2.75, 3.05) is 20.3 Å². The van der Waals surface area contributed by atoms with Crippen LogP contribution in [-0.4, -0.2) is 31.5 Å². The molecule has 1 unspecified atom stereocenters. The predicted molar refractivity (Wildman–Crippen MR) is 75.2 cm³/mol. The van der Waals surface area contributed by atoms with Gasteiger partial charge < -0.3 is 23.7 Å². The molecule has 0 saturated carbocycles. The lowest BCUT2D eigenvalue weighted by molar-refractivity contribution is 0.102. The van der Waals surface area contributed by atoms with E-state index in [1.54, 1.807) is 12.1 Å². The molecule has 0 radical (unpaired) electrons. The van der Waals surface area contributed by atoms with Gasteiger partial charge in [-0.1, -0.05) is 6.58 Å². The van der Waals surface area contributed by atoms with E-state index in [9.17, 15) is 4.79 Å². The van der Waals surface area contributed by atoms with Crippen molar-refractivity contribution in [2.45, 2.75) is 6.10 Å². The zero-order valence-electron chi connectivity index (χ0n) is 11.4. The number of aliphatic hydroxyl groups excluding tert-OH is 1. The van der Waals surface area contributed by atoms with Crippen LogP contribution in [0.25, 0.3) is 11.0 Å². The molecule has 1 aliphatic rings. The maximum Gasteiger partial charge on any atom is 0.336 e. The van der Waals surface area contributed by atoms with Crippen molar-refractivity contribution in [3.63, 3.8) is 0 Å². The van der Waals surface area contributed by atoms with Crippen LogP contribution in [0.15, 0.2) is 39.6 Å². The van der Waals surface area contributed by atoms with E-state index in [-0.39, 0.29) is 13.2 Å². The quantitative estimate of drug-likeness (QED) is 0.681. The zero-order chi connectivity index (χ0) is 15.0. The Morgan fingerprint density at radius 1 is 1.52 bits per heavy atom. The fraction of sp³-hybridized carbons (Fsp3) is 0.267. The largest absolute Gasteiger partial charge is 0.492 e. The summed E-state index contributed by atoms with van der Waals surface area (Å²) in [5, 5.41) is 9.75. The van der Waals surface area contributed by atoms with Gasteiger partial charge in [0.25, 0.3) is 0 Å². The highest BCUT2D eigenvalue weighted by Crippen LogP contribution is 2.45. The number of fused-ring (bicyclic) bond motifs is 2. The van der Waals surface area contributed by atoms with Crippen LogP contribution in [0.5, 0.6) is 17.2 Å². The number of methoxy groups -OCH3 is 1. The van der Waals surface area contributed by atoms with Crippen LogP contribution in [0.4, 0.5) is 0 Å². The molecule has 1 N–H and O–H groups in total. The van der Waals surface area contributed by atoms with E-state index in [0.29, 0.717) is 33.8 Å². The molecule has 0 amide bonds. The summed E-state index contributed by atoms with van der Waals surface area (Å²) in [6.45, 7) is 3.78. The van der Waals surface area contributed by atoms with Gasteiger partial charge in [-0.15, -0.1) is 0 Å². The number of rotatable bonds is 3. The van der Waals surface area contributed by atoms with Crippen LogP contribution >= 0.6 is 0 Å². The summed E-state index contributed by atoms with van der Waals surface area (Å²) in [6.07, 6.45) is -0.454. The molecule has 2 heterocycles. The van der Waals surface area contributed by atoms with Crippen molar-refractivity contribution < 1.29 is 23.7 Å². The average Bonchev–Trinajstić information content (AvgIpc) is 2.51. The summed E-state index contributed by atoms with van der Waals surface area (Å²) in [6, 6.07) is 4.51. The van der Waals surface area contributed by atoms with E-state index < -0.39 is 11.7 Å². The lowest BCUT2D eigenvalue weighted by Crippen LogP contribution is -2.32. The highest BCUT2D eigenvalue weighted by atomic mass is 16.6. The molecular weight excluding hydrogens is 276 g/mol. The minimum absolute atomic E-state index is 0.186. The number of aliphatic hydroxyl groups is 1. The standard InChI is InChI=1S/C15H14O6/c1-8(6-16)12-7-19-11-5-10-9(3-4-13(17)20-10)14(18-2)15(11)21-12/h3-5,12,16H,1,6-7H2,2H3. The molecule has 110 valence electrons. The first-order valence-corrected chi connectivity index (χ1v) is 6.37. The van der Waals surface area contributed by atoms with Gasteiger partial charge in [0.15, 0.2) is 17.6 Å². The molecule has 0 fully saturated rings. The van der Waals surface area contributed by atoms with Gasteiger partial charge in [-0.25, -0.2) is 4.79 Å². The summed E-state index contributed by atoms with van der Waals surface area (Å²) < 4.78 is 21.9. The van der Waals surface area contributed by atoms with Crippen molar-refractivity contribution in [3.05, 3.63) is 40.8 Å². The van der Waals surface area contributed by atoms with E-state index in [4.69, 9.17) is 23.7 Å². The Balaban J connectivity index is 2.16. The number of benzene rings is 1. The average molecular weight is 290 g/mol. The SMILES string of the molecule is C=C(CO)C1COc2cc3oc(=O)ccc3c(OC)c2O1. The summed E-state index contributed by atoms with van der Waals surface area (Å²) in [4.78, 5) is 11.3. The fourth-order valence-electron chi connectivity index (χ4n) is 2.21. The van der Waals surface area contributed by atoms with Crippen molar-refractivity contribution >= 4 is 11.0 Å². The minimum Gasteiger partial charge on any atom is -0.492 e. The minimum atomic E-state index is -0.454. The van der Waals surface area contributed by atoms with Gasteiger partial charge in [-0.05, 0) is 11.6 Å². The molecule has 2 aromatic rings. The first-order chi connectivity index (χ1) is 10.1. The second-order valence-electron chi connectivity index (χ2n) is 4.64. The van der Waals surface area contributed by atoms with Crippen LogP contribution in [0.3, 0.4) is 0 Å². The summed E-state index contributed by atoms with van der Waals surface area (Å²) in [5.74, 6) is 1.25. The lowest BCUT2D eigenvalue weighted by Gasteiger charge is -2.28. The van der Waals surface area contributed by atoms with Gasteiger partial charge in [-0.2, -0.15) is 0 Å².